The van der Waals surface area contributed by atoms with E-state index in [9.17, 15) is 4.79 Å². The van der Waals surface area contributed by atoms with Gasteiger partial charge in [-0.05, 0) is 18.6 Å². The smallest absolute Gasteiger partial charge is 0.407 e. The second-order valence-electron chi connectivity index (χ2n) is 2.98. The summed E-state index contributed by atoms with van der Waals surface area (Å²) in [5.74, 6) is -0.427. The lowest BCUT2D eigenvalue weighted by Gasteiger charge is -1.97. The summed E-state index contributed by atoms with van der Waals surface area (Å²) in [4.78, 5) is 13.5. The Bertz CT molecular complexity index is 519. The first-order chi connectivity index (χ1) is 6.18. The number of allylic oxidation sites excluding steroid dienone is 1. The molecule has 0 aliphatic rings. The van der Waals surface area contributed by atoms with Crippen LogP contribution in [0.2, 0.25) is 0 Å². The van der Waals surface area contributed by atoms with E-state index in [0.717, 1.165) is 11.1 Å². The number of para-hydroxylation sites is 1. The third-order valence-corrected chi connectivity index (χ3v) is 1.91. The number of nitrogens with one attached hydrogen (secondary N) is 1. The SMILES string of the molecule is C=C(C)c1cccc2[nH]c(=O)oc12. The Morgan fingerprint density at radius 3 is 3.00 bits per heavy atom. The average molecular weight is 175 g/mol. The van der Waals surface area contributed by atoms with Crippen molar-refractivity contribution in [2.24, 2.45) is 0 Å². The van der Waals surface area contributed by atoms with E-state index in [1.807, 2.05) is 19.1 Å². The summed E-state index contributed by atoms with van der Waals surface area (Å²) in [5.41, 5.74) is 3.05. The molecule has 3 nitrogen and oxygen atoms in total. The van der Waals surface area contributed by atoms with E-state index in [1.54, 1.807) is 6.07 Å². The lowest BCUT2D eigenvalue weighted by atomic mass is 10.1. The van der Waals surface area contributed by atoms with Crippen LogP contribution in [0.25, 0.3) is 16.7 Å². The highest BCUT2D eigenvalue weighted by atomic mass is 16.4. The number of fused-ring (bicyclic) bond motifs is 1. The molecule has 0 spiro atoms. The zero-order valence-electron chi connectivity index (χ0n) is 7.26. The summed E-state index contributed by atoms with van der Waals surface area (Å²) >= 11 is 0. The first-order valence-corrected chi connectivity index (χ1v) is 3.96. The van der Waals surface area contributed by atoms with Gasteiger partial charge < -0.3 is 4.42 Å². The number of rotatable bonds is 1. The Balaban J connectivity index is 2.90. The number of hydrogen-bond acceptors (Lipinski definition) is 2. The van der Waals surface area contributed by atoms with Gasteiger partial charge in [-0.15, -0.1) is 0 Å². The van der Waals surface area contributed by atoms with Crippen LogP contribution in [0.15, 0.2) is 34.0 Å². The first-order valence-electron chi connectivity index (χ1n) is 3.96. The fourth-order valence-corrected chi connectivity index (χ4v) is 1.31. The van der Waals surface area contributed by atoms with E-state index >= 15 is 0 Å². The molecule has 13 heavy (non-hydrogen) atoms. The van der Waals surface area contributed by atoms with Gasteiger partial charge in [-0.1, -0.05) is 18.7 Å². The summed E-state index contributed by atoms with van der Waals surface area (Å²) in [5, 5.41) is 0. The minimum absolute atomic E-state index is 0.427. The number of oxazole rings is 1. The molecule has 0 fully saturated rings. The Morgan fingerprint density at radius 2 is 2.31 bits per heavy atom. The molecule has 2 aromatic rings. The first kappa shape index (κ1) is 7.86. The van der Waals surface area contributed by atoms with Crippen molar-refractivity contribution in [1.82, 2.24) is 4.98 Å². The number of hydrogen-bond donors (Lipinski definition) is 1. The van der Waals surface area contributed by atoms with Crippen LogP contribution in [0.5, 0.6) is 0 Å². The molecule has 0 atom stereocenters. The summed E-state index contributed by atoms with van der Waals surface area (Å²) in [7, 11) is 0. The van der Waals surface area contributed by atoms with E-state index < -0.39 is 5.76 Å². The maximum atomic E-state index is 10.9. The second-order valence-corrected chi connectivity index (χ2v) is 2.98. The number of aromatic nitrogens is 1. The molecule has 0 unspecified atom stereocenters. The van der Waals surface area contributed by atoms with Crippen LogP contribution in [0, 0.1) is 0 Å². The Hall–Kier alpha value is -1.77. The van der Waals surface area contributed by atoms with E-state index in [2.05, 4.69) is 11.6 Å². The van der Waals surface area contributed by atoms with E-state index in [1.165, 1.54) is 0 Å². The molecule has 3 heteroatoms. The van der Waals surface area contributed by atoms with Gasteiger partial charge in [0, 0.05) is 5.56 Å². The molecule has 2 rings (SSSR count). The molecule has 0 radical (unpaired) electrons. The highest BCUT2D eigenvalue weighted by Gasteiger charge is 2.05. The molecule has 0 saturated heterocycles. The van der Waals surface area contributed by atoms with Crippen LogP contribution in [0.4, 0.5) is 0 Å². The van der Waals surface area contributed by atoms with Crippen LogP contribution >= 0.6 is 0 Å². The van der Waals surface area contributed by atoms with Crippen molar-refractivity contribution in [2.45, 2.75) is 6.92 Å². The fourth-order valence-electron chi connectivity index (χ4n) is 1.31. The average Bonchev–Trinajstić information content (AvgIpc) is 2.43. The molecule has 0 saturated carbocycles. The van der Waals surface area contributed by atoms with Crippen molar-refractivity contribution in [3.8, 4) is 0 Å². The van der Waals surface area contributed by atoms with Gasteiger partial charge in [-0.3, -0.25) is 4.98 Å². The van der Waals surface area contributed by atoms with Gasteiger partial charge >= 0.3 is 5.76 Å². The third-order valence-electron chi connectivity index (χ3n) is 1.91. The van der Waals surface area contributed by atoms with E-state index in [-0.39, 0.29) is 0 Å². The summed E-state index contributed by atoms with van der Waals surface area (Å²) in [6.45, 7) is 5.69. The minimum Gasteiger partial charge on any atom is -0.407 e. The zero-order chi connectivity index (χ0) is 9.42. The molecule has 1 aromatic heterocycles. The van der Waals surface area contributed by atoms with Crippen LogP contribution in [-0.4, -0.2) is 4.98 Å². The highest BCUT2D eigenvalue weighted by Crippen LogP contribution is 2.21. The van der Waals surface area contributed by atoms with Gasteiger partial charge in [-0.25, -0.2) is 4.79 Å². The molecule has 1 heterocycles. The predicted octanol–water partition coefficient (Wildman–Crippen LogP) is 2.15. The molecule has 0 bridgehead atoms. The molecular weight excluding hydrogens is 166 g/mol. The zero-order valence-corrected chi connectivity index (χ0v) is 7.26. The predicted molar refractivity (Wildman–Crippen MR) is 51.5 cm³/mol. The molecular formula is C10H9NO2. The lowest BCUT2D eigenvalue weighted by molar-refractivity contribution is 0.554. The van der Waals surface area contributed by atoms with Gasteiger partial charge in [0.15, 0.2) is 5.58 Å². The van der Waals surface area contributed by atoms with Gasteiger partial charge in [0.25, 0.3) is 0 Å². The van der Waals surface area contributed by atoms with Crippen molar-refractivity contribution in [3.63, 3.8) is 0 Å². The Morgan fingerprint density at radius 1 is 1.54 bits per heavy atom. The molecule has 0 amide bonds. The third kappa shape index (κ3) is 1.18. The maximum Gasteiger partial charge on any atom is 0.417 e. The number of H-pyrrole nitrogens is 1. The normalized spacial score (nSPS) is 10.5. The molecule has 0 aliphatic heterocycles. The number of benzene rings is 1. The fraction of sp³-hybridized carbons (Fsp3) is 0.100. The lowest BCUT2D eigenvalue weighted by Crippen LogP contribution is -1.92. The van der Waals surface area contributed by atoms with Crippen LogP contribution in [0.1, 0.15) is 12.5 Å². The maximum absolute atomic E-state index is 10.9. The topological polar surface area (TPSA) is 46.0 Å². The van der Waals surface area contributed by atoms with Crippen LogP contribution in [0.3, 0.4) is 0 Å². The molecule has 1 N–H and O–H groups in total. The largest absolute Gasteiger partial charge is 0.417 e. The molecule has 0 aliphatic carbocycles. The Kier molecular flexibility index (Phi) is 1.59. The summed E-state index contributed by atoms with van der Waals surface area (Å²) in [6.07, 6.45) is 0. The van der Waals surface area contributed by atoms with E-state index in [4.69, 9.17) is 4.42 Å². The van der Waals surface area contributed by atoms with Gasteiger partial charge in [0.05, 0.1) is 5.52 Å². The van der Waals surface area contributed by atoms with Crippen LogP contribution in [-0.2, 0) is 0 Å². The second kappa shape index (κ2) is 2.62. The number of aromatic amines is 1. The molecule has 66 valence electrons. The van der Waals surface area contributed by atoms with Gasteiger partial charge in [0.2, 0.25) is 0 Å². The van der Waals surface area contributed by atoms with E-state index in [0.29, 0.717) is 11.1 Å². The summed E-state index contributed by atoms with van der Waals surface area (Å²) in [6, 6.07) is 5.53. The molecule has 1 aromatic carbocycles. The van der Waals surface area contributed by atoms with Crippen molar-refractivity contribution in [2.75, 3.05) is 0 Å². The summed E-state index contributed by atoms with van der Waals surface area (Å²) < 4.78 is 4.99. The van der Waals surface area contributed by atoms with Crippen molar-refractivity contribution in [3.05, 3.63) is 40.9 Å². The quantitative estimate of drug-likeness (QED) is 0.721. The van der Waals surface area contributed by atoms with Crippen molar-refractivity contribution in [1.29, 1.82) is 0 Å². The van der Waals surface area contributed by atoms with Crippen molar-refractivity contribution < 1.29 is 4.42 Å². The van der Waals surface area contributed by atoms with Gasteiger partial charge in [-0.2, -0.15) is 0 Å². The van der Waals surface area contributed by atoms with Crippen molar-refractivity contribution >= 4 is 16.7 Å². The van der Waals surface area contributed by atoms with Gasteiger partial charge in [0.1, 0.15) is 0 Å². The van der Waals surface area contributed by atoms with Crippen LogP contribution < -0.4 is 5.76 Å². The highest BCUT2D eigenvalue weighted by molar-refractivity contribution is 5.85. The monoisotopic (exact) mass is 175 g/mol. The minimum atomic E-state index is -0.427. The standard InChI is InChI=1S/C10H9NO2/c1-6(2)7-4-3-5-8-9(7)13-10(12)11-8/h3-5H,1H2,2H3,(H,11,12). The Labute approximate surface area is 74.7 Å².